The number of aliphatic carboxylic acids is 1. The Labute approximate surface area is 110 Å². The summed E-state index contributed by atoms with van der Waals surface area (Å²) >= 11 is 0. The molecule has 1 aromatic rings. The molecule has 1 N–H and O–H groups in total. The van der Waals surface area contributed by atoms with Gasteiger partial charge in [-0.25, -0.2) is 0 Å². The minimum atomic E-state index is -0.726. The first-order valence-corrected chi connectivity index (χ1v) is 6.46. The van der Waals surface area contributed by atoms with Crippen LogP contribution in [0.4, 0.5) is 0 Å². The van der Waals surface area contributed by atoms with E-state index >= 15 is 0 Å². The molecular weight excluding hydrogens is 224 g/mol. The van der Waals surface area contributed by atoms with Crippen LogP contribution in [0.3, 0.4) is 0 Å². The molecule has 2 heteroatoms. The van der Waals surface area contributed by atoms with Gasteiger partial charge < -0.3 is 5.11 Å². The Morgan fingerprint density at radius 2 is 1.67 bits per heavy atom. The van der Waals surface area contributed by atoms with E-state index in [-0.39, 0.29) is 5.41 Å². The van der Waals surface area contributed by atoms with Gasteiger partial charge in [0.1, 0.15) is 0 Å². The van der Waals surface area contributed by atoms with E-state index in [0.29, 0.717) is 6.42 Å². The second-order valence-corrected chi connectivity index (χ2v) is 6.60. The Kier molecular flexibility index (Phi) is 4.20. The molecule has 0 aliphatic rings. The fourth-order valence-corrected chi connectivity index (χ4v) is 2.02. The zero-order valence-corrected chi connectivity index (χ0v) is 12.1. The summed E-state index contributed by atoms with van der Waals surface area (Å²) in [6.07, 6.45) is 1.47. The molecule has 0 radical (unpaired) electrons. The van der Waals surface area contributed by atoms with Gasteiger partial charge in [0.15, 0.2) is 0 Å². The highest BCUT2D eigenvalue weighted by Crippen LogP contribution is 2.29. The average molecular weight is 248 g/mol. The molecule has 0 aliphatic heterocycles. The molecule has 18 heavy (non-hydrogen) atoms. The first kappa shape index (κ1) is 14.7. The van der Waals surface area contributed by atoms with Crippen molar-refractivity contribution in [3.63, 3.8) is 0 Å². The van der Waals surface area contributed by atoms with Crippen molar-refractivity contribution in [3.8, 4) is 0 Å². The molecule has 0 amide bonds. The van der Waals surface area contributed by atoms with E-state index in [4.69, 9.17) is 5.11 Å². The summed E-state index contributed by atoms with van der Waals surface area (Å²) < 4.78 is 0. The molecule has 0 bridgehead atoms. The molecule has 0 saturated carbocycles. The van der Waals surface area contributed by atoms with Gasteiger partial charge in [-0.2, -0.15) is 0 Å². The van der Waals surface area contributed by atoms with Gasteiger partial charge in [-0.05, 0) is 43.2 Å². The van der Waals surface area contributed by atoms with Crippen molar-refractivity contribution in [2.45, 2.75) is 52.9 Å². The highest BCUT2D eigenvalue weighted by Gasteiger charge is 2.27. The van der Waals surface area contributed by atoms with Crippen LogP contribution in [0.2, 0.25) is 0 Å². The predicted molar refractivity (Wildman–Crippen MR) is 74.9 cm³/mol. The normalized spacial score (nSPS) is 12.5. The Hall–Kier alpha value is -1.31. The average Bonchev–Trinajstić information content (AvgIpc) is 2.25. The van der Waals surface area contributed by atoms with Crippen LogP contribution in [-0.4, -0.2) is 11.1 Å². The van der Waals surface area contributed by atoms with Gasteiger partial charge in [0.05, 0.1) is 5.41 Å². The third-order valence-corrected chi connectivity index (χ3v) is 3.42. The minimum absolute atomic E-state index is 0.101. The van der Waals surface area contributed by atoms with Crippen molar-refractivity contribution in [2.75, 3.05) is 0 Å². The maximum Gasteiger partial charge on any atom is 0.309 e. The Morgan fingerprint density at radius 1 is 1.11 bits per heavy atom. The van der Waals surface area contributed by atoms with Gasteiger partial charge in [-0.15, -0.1) is 0 Å². The maximum atomic E-state index is 11.1. The predicted octanol–water partition coefficient (Wildman–Crippen LogP) is 4.03. The van der Waals surface area contributed by atoms with Crippen molar-refractivity contribution >= 4 is 5.97 Å². The van der Waals surface area contributed by atoms with Crippen molar-refractivity contribution in [2.24, 2.45) is 5.41 Å². The lowest BCUT2D eigenvalue weighted by atomic mass is 9.80. The Morgan fingerprint density at radius 3 is 2.17 bits per heavy atom. The number of hydrogen-bond acceptors (Lipinski definition) is 1. The Balaban J connectivity index is 2.90. The van der Waals surface area contributed by atoms with Crippen LogP contribution < -0.4 is 0 Å². The summed E-state index contributed by atoms with van der Waals surface area (Å²) in [7, 11) is 0. The van der Waals surface area contributed by atoms with Crippen LogP contribution in [-0.2, 0) is 16.6 Å². The molecular formula is C16H24O2. The van der Waals surface area contributed by atoms with Crippen LogP contribution in [0.5, 0.6) is 0 Å². The van der Waals surface area contributed by atoms with Crippen LogP contribution in [0.15, 0.2) is 24.3 Å². The smallest absolute Gasteiger partial charge is 0.309 e. The molecule has 0 saturated heterocycles. The van der Waals surface area contributed by atoms with Crippen LogP contribution in [0.25, 0.3) is 0 Å². The fourth-order valence-electron chi connectivity index (χ4n) is 2.02. The monoisotopic (exact) mass is 248 g/mol. The zero-order valence-electron chi connectivity index (χ0n) is 12.1. The highest BCUT2D eigenvalue weighted by atomic mass is 16.4. The fraction of sp³-hybridized carbons (Fsp3) is 0.562. The number of rotatable bonds is 4. The number of benzene rings is 1. The van der Waals surface area contributed by atoms with E-state index < -0.39 is 11.4 Å². The lowest BCUT2D eigenvalue weighted by Gasteiger charge is -2.25. The summed E-state index contributed by atoms with van der Waals surface area (Å²) in [5.41, 5.74) is 2.01. The molecule has 0 aliphatic carbocycles. The number of hydrogen-bond donors (Lipinski definition) is 1. The molecule has 0 fully saturated rings. The maximum absolute atomic E-state index is 11.1. The molecule has 0 heterocycles. The first-order chi connectivity index (χ1) is 8.14. The van der Waals surface area contributed by atoms with Gasteiger partial charge in [0.2, 0.25) is 0 Å². The van der Waals surface area contributed by atoms with Gasteiger partial charge in [-0.1, -0.05) is 45.0 Å². The molecule has 2 nitrogen and oxygen atoms in total. The third kappa shape index (κ3) is 3.59. The van der Waals surface area contributed by atoms with Crippen molar-refractivity contribution in [1.29, 1.82) is 0 Å². The molecule has 0 aromatic heterocycles. The van der Waals surface area contributed by atoms with Crippen LogP contribution in [0, 0.1) is 5.41 Å². The van der Waals surface area contributed by atoms with E-state index in [1.54, 1.807) is 13.8 Å². The summed E-state index contributed by atoms with van der Waals surface area (Å²) in [4.78, 5) is 11.1. The lowest BCUT2D eigenvalue weighted by molar-refractivity contribution is -0.147. The van der Waals surface area contributed by atoms with E-state index in [1.807, 2.05) is 12.1 Å². The number of carboxylic acids is 1. The van der Waals surface area contributed by atoms with E-state index in [2.05, 4.69) is 32.9 Å². The molecule has 1 aromatic carbocycles. The van der Waals surface area contributed by atoms with Crippen molar-refractivity contribution in [1.82, 2.24) is 0 Å². The topological polar surface area (TPSA) is 37.3 Å². The van der Waals surface area contributed by atoms with Gasteiger partial charge in [0.25, 0.3) is 0 Å². The molecule has 1 rings (SSSR count). The standard InChI is InChI=1S/C16H24O2/c1-15(2,3)13-9-7-6-8-12(13)10-11-16(4,5)14(17)18/h6-9H,10-11H2,1-5H3,(H,17,18). The first-order valence-electron chi connectivity index (χ1n) is 6.46. The van der Waals surface area contributed by atoms with Crippen LogP contribution in [0.1, 0.15) is 52.2 Å². The summed E-state index contributed by atoms with van der Waals surface area (Å²) in [6.45, 7) is 10.1. The lowest BCUT2D eigenvalue weighted by Crippen LogP contribution is -2.25. The van der Waals surface area contributed by atoms with Crippen LogP contribution >= 0.6 is 0 Å². The zero-order chi connectivity index (χ0) is 14.0. The van der Waals surface area contributed by atoms with Gasteiger partial charge in [0, 0.05) is 0 Å². The number of carboxylic acid groups (broad SMARTS) is 1. The summed E-state index contributed by atoms with van der Waals surface area (Å²) in [5.74, 6) is -0.726. The molecule has 0 unspecified atom stereocenters. The molecule has 0 atom stereocenters. The SMILES string of the molecule is CC(C)(CCc1ccccc1C(C)(C)C)C(=O)O. The minimum Gasteiger partial charge on any atom is -0.481 e. The molecule has 100 valence electrons. The second kappa shape index (κ2) is 5.13. The largest absolute Gasteiger partial charge is 0.481 e. The van der Waals surface area contributed by atoms with Gasteiger partial charge >= 0.3 is 5.97 Å². The van der Waals surface area contributed by atoms with E-state index in [0.717, 1.165) is 6.42 Å². The number of aryl methyl sites for hydroxylation is 1. The second-order valence-electron chi connectivity index (χ2n) is 6.60. The third-order valence-electron chi connectivity index (χ3n) is 3.42. The number of carbonyl (C=O) groups is 1. The van der Waals surface area contributed by atoms with E-state index in [9.17, 15) is 4.79 Å². The quantitative estimate of drug-likeness (QED) is 0.873. The summed E-state index contributed by atoms with van der Waals surface area (Å²) in [5, 5.41) is 9.15. The highest BCUT2D eigenvalue weighted by molar-refractivity contribution is 5.73. The van der Waals surface area contributed by atoms with Gasteiger partial charge in [-0.3, -0.25) is 4.79 Å². The van der Waals surface area contributed by atoms with Crippen molar-refractivity contribution < 1.29 is 9.90 Å². The molecule has 0 spiro atoms. The Bertz CT molecular complexity index is 425. The van der Waals surface area contributed by atoms with Crippen molar-refractivity contribution in [3.05, 3.63) is 35.4 Å². The van der Waals surface area contributed by atoms with E-state index in [1.165, 1.54) is 11.1 Å². The summed E-state index contributed by atoms with van der Waals surface area (Å²) in [6, 6.07) is 8.33.